The highest BCUT2D eigenvalue weighted by Crippen LogP contribution is 2.14. The summed E-state index contributed by atoms with van der Waals surface area (Å²) in [7, 11) is 1.68. The van der Waals surface area contributed by atoms with Crippen molar-refractivity contribution in [1.29, 1.82) is 0 Å². The Bertz CT molecular complexity index is 332. The van der Waals surface area contributed by atoms with Gasteiger partial charge in [0.05, 0.1) is 6.61 Å². The number of nitrogens with zero attached hydrogens (tertiary/aromatic N) is 2. The molecule has 0 radical (unpaired) electrons. The number of nitrogens with one attached hydrogen (secondary N) is 1. The maximum atomic E-state index is 5.57. The van der Waals surface area contributed by atoms with Crippen LogP contribution < -0.4 is 10.1 Å². The van der Waals surface area contributed by atoms with Gasteiger partial charge in [-0.25, -0.2) is 4.98 Å². The summed E-state index contributed by atoms with van der Waals surface area (Å²) in [6.45, 7) is 6.21. The lowest BCUT2D eigenvalue weighted by Gasteiger charge is -2.09. The molecule has 1 rings (SSSR count). The summed E-state index contributed by atoms with van der Waals surface area (Å²) < 4.78 is 10.5. The molecule has 96 valence electrons. The number of methoxy groups -OCH3 is 1. The SMILES string of the molecule is CCNc1cc(OCCCOC)nc(CC)n1. The third-order valence-electron chi connectivity index (χ3n) is 2.17. The van der Waals surface area contributed by atoms with E-state index in [0.29, 0.717) is 19.1 Å². The van der Waals surface area contributed by atoms with E-state index in [-0.39, 0.29) is 0 Å². The predicted octanol–water partition coefficient (Wildman–Crippen LogP) is 1.89. The molecule has 5 heteroatoms. The van der Waals surface area contributed by atoms with Gasteiger partial charge in [0, 0.05) is 39.2 Å². The smallest absolute Gasteiger partial charge is 0.218 e. The Morgan fingerprint density at radius 1 is 1.24 bits per heavy atom. The number of ether oxygens (including phenoxy) is 2. The molecule has 0 aromatic carbocycles. The first-order valence-electron chi connectivity index (χ1n) is 6.03. The van der Waals surface area contributed by atoms with Crippen LogP contribution in [0.5, 0.6) is 5.88 Å². The molecule has 0 fully saturated rings. The van der Waals surface area contributed by atoms with Crippen LogP contribution in [0.2, 0.25) is 0 Å². The van der Waals surface area contributed by atoms with E-state index in [0.717, 1.165) is 31.0 Å². The summed E-state index contributed by atoms with van der Waals surface area (Å²) in [6, 6.07) is 1.83. The second kappa shape index (κ2) is 7.84. The highest BCUT2D eigenvalue weighted by molar-refractivity contribution is 5.38. The lowest BCUT2D eigenvalue weighted by Crippen LogP contribution is -2.07. The molecule has 0 unspecified atom stereocenters. The average molecular weight is 239 g/mol. The Morgan fingerprint density at radius 2 is 2.06 bits per heavy atom. The first kappa shape index (κ1) is 13.7. The molecule has 0 spiro atoms. The molecular weight excluding hydrogens is 218 g/mol. The molecular formula is C12H21N3O2. The molecule has 1 aromatic heterocycles. The van der Waals surface area contributed by atoms with Crippen LogP contribution in [0.15, 0.2) is 6.07 Å². The van der Waals surface area contributed by atoms with Gasteiger partial charge < -0.3 is 14.8 Å². The van der Waals surface area contributed by atoms with Gasteiger partial charge in [-0.1, -0.05) is 6.92 Å². The van der Waals surface area contributed by atoms with Gasteiger partial charge in [-0.15, -0.1) is 0 Å². The maximum absolute atomic E-state index is 5.57. The van der Waals surface area contributed by atoms with Gasteiger partial charge >= 0.3 is 0 Å². The Labute approximate surface area is 103 Å². The van der Waals surface area contributed by atoms with Crippen molar-refractivity contribution >= 4 is 5.82 Å². The van der Waals surface area contributed by atoms with Crippen LogP contribution >= 0.6 is 0 Å². The molecule has 0 amide bonds. The fourth-order valence-corrected chi connectivity index (χ4v) is 1.36. The molecule has 1 N–H and O–H groups in total. The summed E-state index contributed by atoms with van der Waals surface area (Å²) in [4.78, 5) is 8.68. The van der Waals surface area contributed by atoms with E-state index in [1.165, 1.54) is 0 Å². The van der Waals surface area contributed by atoms with Crippen LogP contribution in [0.25, 0.3) is 0 Å². The van der Waals surface area contributed by atoms with E-state index >= 15 is 0 Å². The molecule has 0 saturated carbocycles. The van der Waals surface area contributed by atoms with Crippen molar-refractivity contribution in [2.75, 3.05) is 32.2 Å². The molecule has 0 aliphatic heterocycles. The van der Waals surface area contributed by atoms with E-state index in [1.54, 1.807) is 7.11 Å². The zero-order chi connectivity index (χ0) is 12.5. The van der Waals surface area contributed by atoms with Crippen LogP contribution in [0.4, 0.5) is 5.82 Å². The molecule has 0 saturated heterocycles. The van der Waals surface area contributed by atoms with Crippen molar-refractivity contribution in [1.82, 2.24) is 9.97 Å². The monoisotopic (exact) mass is 239 g/mol. The maximum Gasteiger partial charge on any atom is 0.218 e. The second-order valence-electron chi connectivity index (χ2n) is 3.59. The van der Waals surface area contributed by atoms with Crippen LogP contribution in [0.1, 0.15) is 26.1 Å². The van der Waals surface area contributed by atoms with Crippen molar-refractivity contribution in [2.45, 2.75) is 26.7 Å². The number of rotatable bonds is 8. The number of hydrogen-bond donors (Lipinski definition) is 1. The minimum absolute atomic E-state index is 0.611. The predicted molar refractivity (Wildman–Crippen MR) is 67.6 cm³/mol. The minimum Gasteiger partial charge on any atom is -0.477 e. The first-order valence-corrected chi connectivity index (χ1v) is 6.03. The van der Waals surface area contributed by atoms with Gasteiger partial charge in [-0.3, -0.25) is 0 Å². The first-order chi connectivity index (χ1) is 8.30. The van der Waals surface area contributed by atoms with Crippen molar-refractivity contribution < 1.29 is 9.47 Å². The number of aromatic nitrogens is 2. The lowest BCUT2D eigenvalue weighted by molar-refractivity contribution is 0.170. The zero-order valence-corrected chi connectivity index (χ0v) is 10.8. The average Bonchev–Trinajstić information content (AvgIpc) is 2.35. The van der Waals surface area contributed by atoms with Crippen LogP contribution in [0.3, 0.4) is 0 Å². The standard InChI is InChI=1S/C12H21N3O2/c1-4-10-14-11(13-5-2)9-12(15-10)17-8-6-7-16-3/h9H,4-8H2,1-3H3,(H,13,14,15). The molecule has 5 nitrogen and oxygen atoms in total. The molecule has 0 aliphatic rings. The topological polar surface area (TPSA) is 56.3 Å². The fraction of sp³-hybridized carbons (Fsp3) is 0.667. The molecule has 1 heterocycles. The summed E-state index contributed by atoms with van der Waals surface area (Å²) in [5.74, 6) is 2.25. The van der Waals surface area contributed by atoms with Gasteiger partial charge in [-0.2, -0.15) is 4.98 Å². The van der Waals surface area contributed by atoms with Crippen LogP contribution in [-0.2, 0) is 11.2 Å². The Morgan fingerprint density at radius 3 is 2.71 bits per heavy atom. The highest BCUT2D eigenvalue weighted by atomic mass is 16.5. The summed E-state index contributed by atoms with van der Waals surface area (Å²) >= 11 is 0. The minimum atomic E-state index is 0.611. The quantitative estimate of drug-likeness (QED) is 0.702. The molecule has 0 aliphatic carbocycles. The molecule has 17 heavy (non-hydrogen) atoms. The molecule has 0 atom stereocenters. The second-order valence-corrected chi connectivity index (χ2v) is 3.59. The number of anilines is 1. The summed E-state index contributed by atoms with van der Waals surface area (Å²) in [5, 5.41) is 3.17. The summed E-state index contributed by atoms with van der Waals surface area (Å²) in [6.07, 6.45) is 1.66. The van der Waals surface area contributed by atoms with Crippen molar-refractivity contribution in [3.05, 3.63) is 11.9 Å². The van der Waals surface area contributed by atoms with Crippen LogP contribution in [0, 0.1) is 0 Å². The van der Waals surface area contributed by atoms with Gasteiger partial charge in [0.2, 0.25) is 5.88 Å². The molecule has 1 aromatic rings. The van der Waals surface area contributed by atoms with E-state index in [2.05, 4.69) is 15.3 Å². The largest absolute Gasteiger partial charge is 0.477 e. The van der Waals surface area contributed by atoms with Crippen molar-refractivity contribution in [3.8, 4) is 5.88 Å². The van der Waals surface area contributed by atoms with E-state index in [4.69, 9.17) is 9.47 Å². The summed E-state index contributed by atoms with van der Waals surface area (Å²) in [5.41, 5.74) is 0. The van der Waals surface area contributed by atoms with Gasteiger partial charge in [0.25, 0.3) is 0 Å². The molecule has 0 bridgehead atoms. The van der Waals surface area contributed by atoms with E-state index in [9.17, 15) is 0 Å². The Hall–Kier alpha value is -1.36. The van der Waals surface area contributed by atoms with Gasteiger partial charge in [0.15, 0.2) is 0 Å². The van der Waals surface area contributed by atoms with Crippen molar-refractivity contribution in [2.24, 2.45) is 0 Å². The van der Waals surface area contributed by atoms with E-state index in [1.807, 2.05) is 19.9 Å². The van der Waals surface area contributed by atoms with Gasteiger partial charge in [0.1, 0.15) is 11.6 Å². The lowest BCUT2D eigenvalue weighted by atomic mass is 10.4. The van der Waals surface area contributed by atoms with Crippen LogP contribution in [-0.4, -0.2) is 36.8 Å². The third-order valence-corrected chi connectivity index (χ3v) is 2.17. The number of hydrogen-bond acceptors (Lipinski definition) is 5. The zero-order valence-electron chi connectivity index (χ0n) is 10.8. The normalized spacial score (nSPS) is 10.3. The van der Waals surface area contributed by atoms with Gasteiger partial charge in [-0.05, 0) is 6.92 Å². The highest BCUT2D eigenvalue weighted by Gasteiger charge is 2.03. The third kappa shape index (κ3) is 4.99. The number of aryl methyl sites for hydroxylation is 1. The Kier molecular flexibility index (Phi) is 6.32. The van der Waals surface area contributed by atoms with Crippen molar-refractivity contribution in [3.63, 3.8) is 0 Å². The Balaban J connectivity index is 2.59. The van der Waals surface area contributed by atoms with E-state index < -0.39 is 0 Å². The fourth-order valence-electron chi connectivity index (χ4n) is 1.36.